The van der Waals surface area contributed by atoms with Gasteiger partial charge >= 0.3 is 5.97 Å². The van der Waals surface area contributed by atoms with E-state index in [1.807, 2.05) is 12.1 Å². The lowest BCUT2D eigenvalue weighted by molar-refractivity contribution is -0.138. The van der Waals surface area contributed by atoms with Gasteiger partial charge in [-0.05, 0) is 54.1 Å². The van der Waals surface area contributed by atoms with Gasteiger partial charge in [-0.15, -0.1) is 0 Å². The summed E-state index contributed by atoms with van der Waals surface area (Å²) in [6.07, 6.45) is 2.90. The maximum atomic E-state index is 11.1. The number of aliphatic carboxylic acids is 1. The van der Waals surface area contributed by atoms with Crippen molar-refractivity contribution in [1.29, 1.82) is 0 Å². The molecular formula is C20H30O3Si. The molecule has 0 amide bonds. The van der Waals surface area contributed by atoms with Gasteiger partial charge in [0.25, 0.3) is 0 Å². The van der Waals surface area contributed by atoms with E-state index in [4.69, 9.17) is 9.53 Å². The van der Waals surface area contributed by atoms with Gasteiger partial charge in [0.2, 0.25) is 0 Å². The Kier molecular flexibility index (Phi) is 5.40. The van der Waals surface area contributed by atoms with E-state index < -0.39 is 14.3 Å². The molecule has 1 aliphatic rings. The third-order valence-electron chi connectivity index (χ3n) is 5.52. The van der Waals surface area contributed by atoms with Crippen molar-refractivity contribution >= 4 is 19.9 Å². The summed E-state index contributed by atoms with van der Waals surface area (Å²) in [6.45, 7) is 14.0. The summed E-state index contributed by atoms with van der Waals surface area (Å²) in [5.74, 6) is -0.703. The third-order valence-corrected chi connectivity index (χ3v) is 10.0. The maximum absolute atomic E-state index is 11.1. The van der Waals surface area contributed by atoms with Crippen molar-refractivity contribution in [3.05, 3.63) is 41.5 Å². The Balaban J connectivity index is 2.02. The Labute approximate surface area is 146 Å². The Morgan fingerprint density at radius 3 is 2.58 bits per heavy atom. The van der Waals surface area contributed by atoms with Gasteiger partial charge in [-0.2, -0.15) is 0 Å². The SMILES string of the molecule is C/C(=C\CO[Si](C)(C)C(C)(C)C)c1cccc(C2CC2C(=O)O)c1. The van der Waals surface area contributed by atoms with Crippen LogP contribution in [0.5, 0.6) is 0 Å². The quantitative estimate of drug-likeness (QED) is 0.711. The Morgan fingerprint density at radius 2 is 2.04 bits per heavy atom. The number of carboxylic acids is 1. The second kappa shape index (κ2) is 6.85. The van der Waals surface area contributed by atoms with Crippen LogP contribution in [0, 0.1) is 5.92 Å². The molecule has 0 aliphatic heterocycles. The topological polar surface area (TPSA) is 46.5 Å². The maximum Gasteiger partial charge on any atom is 0.307 e. The molecule has 1 aliphatic carbocycles. The smallest absolute Gasteiger partial charge is 0.307 e. The molecule has 2 unspecified atom stereocenters. The van der Waals surface area contributed by atoms with E-state index in [0.29, 0.717) is 6.61 Å². The van der Waals surface area contributed by atoms with Crippen molar-refractivity contribution in [2.24, 2.45) is 5.92 Å². The van der Waals surface area contributed by atoms with Gasteiger partial charge in [-0.3, -0.25) is 4.79 Å². The summed E-state index contributed by atoms with van der Waals surface area (Å²) in [7, 11) is -1.72. The molecule has 3 nitrogen and oxygen atoms in total. The van der Waals surface area contributed by atoms with Crippen LogP contribution in [0.25, 0.3) is 5.57 Å². The summed E-state index contributed by atoms with van der Waals surface area (Å²) in [5, 5.41) is 9.31. The number of rotatable bonds is 6. The molecule has 1 N–H and O–H groups in total. The van der Waals surface area contributed by atoms with Gasteiger partial charge in [0.05, 0.1) is 12.5 Å². The third kappa shape index (κ3) is 4.36. The molecule has 1 aromatic carbocycles. The van der Waals surface area contributed by atoms with E-state index in [1.54, 1.807) is 0 Å². The summed E-state index contributed by atoms with van der Waals surface area (Å²) < 4.78 is 6.21. The Morgan fingerprint density at radius 1 is 1.38 bits per heavy atom. The first-order valence-corrected chi connectivity index (χ1v) is 11.6. The molecule has 1 saturated carbocycles. The average Bonchev–Trinajstić information content (AvgIpc) is 3.26. The van der Waals surface area contributed by atoms with Crippen molar-refractivity contribution in [1.82, 2.24) is 0 Å². The van der Waals surface area contributed by atoms with Crippen molar-refractivity contribution < 1.29 is 14.3 Å². The molecule has 1 aromatic rings. The molecule has 132 valence electrons. The average molecular weight is 347 g/mol. The minimum atomic E-state index is -1.72. The van der Waals surface area contributed by atoms with Crippen molar-refractivity contribution in [2.45, 2.75) is 58.2 Å². The highest BCUT2D eigenvalue weighted by Crippen LogP contribution is 2.47. The summed E-state index contributed by atoms with van der Waals surface area (Å²) >= 11 is 0. The lowest BCUT2D eigenvalue weighted by Crippen LogP contribution is -2.40. The molecule has 0 spiro atoms. The van der Waals surface area contributed by atoms with Crippen LogP contribution in [0.15, 0.2) is 30.3 Å². The van der Waals surface area contributed by atoms with Crippen LogP contribution in [-0.4, -0.2) is 26.0 Å². The molecule has 0 saturated heterocycles. The van der Waals surface area contributed by atoms with Gasteiger partial charge in [0.1, 0.15) is 0 Å². The van der Waals surface area contributed by atoms with Gasteiger partial charge in [-0.25, -0.2) is 0 Å². The predicted octanol–water partition coefficient (Wildman–Crippen LogP) is 5.30. The number of hydrogen-bond donors (Lipinski definition) is 1. The van der Waals surface area contributed by atoms with Crippen LogP contribution >= 0.6 is 0 Å². The van der Waals surface area contributed by atoms with Crippen LogP contribution in [0.3, 0.4) is 0 Å². The lowest BCUT2D eigenvalue weighted by atomic mass is 10.0. The zero-order valence-electron chi connectivity index (χ0n) is 15.7. The molecule has 24 heavy (non-hydrogen) atoms. The number of hydrogen-bond acceptors (Lipinski definition) is 2. The van der Waals surface area contributed by atoms with E-state index in [-0.39, 0.29) is 16.9 Å². The Hall–Kier alpha value is -1.39. The highest BCUT2D eigenvalue weighted by molar-refractivity contribution is 6.74. The predicted molar refractivity (Wildman–Crippen MR) is 102 cm³/mol. The minimum Gasteiger partial charge on any atom is -0.481 e. The first-order valence-electron chi connectivity index (χ1n) is 8.67. The van der Waals surface area contributed by atoms with E-state index in [0.717, 1.165) is 17.5 Å². The molecule has 2 atom stereocenters. The molecule has 0 bridgehead atoms. The number of carboxylic acid groups (broad SMARTS) is 1. The minimum absolute atomic E-state index is 0.179. The molecule has 0 aromatic heterocycles. The van der Waals surface area contributed by atoms with Crippen LogP contribution in [0.4, 0.5) is 0 Å². The van der Waals surface area contributed by atoms with E-state index in [1.165, 1.54) is 5.57 Å². The van der Waals surface area contributed by atoms with Gasteiger partial charge < -0.3 is 9.53 Å². The number of carbonyl (C=O) groups is 1. The summed E-state index contributed by atoms with van der Waals surface area (Å²) in [4.78, 5) is 11.1. The van der Waals surface area contributed by atoms with Gasteiger partial charge in [0.15, 0.2) is 8.32 Å². The van der Waals surface area contributed by atoms with Crippen LogP contribution in [-0.2, 0) is 9.22 Å². The molecule has 0 heterocycles. The Bertz CT molecular complexity index is 641. The molecule has 2 rings (SSSR count). The second-order valence-electron chi connectivity index (χ2n) is 8.37. The number of allylic oxidation sites excluding steroid dienone is 1. The molecular weight excluding hydrogens is 316 g/mol. The highest BCUT2D eigenvalue weighted by atomic mass is 28.4. The van der Waals surface area contributed by atoms with E-state index >= 15 is 0 Å². The molecule has 1 fully saturated rings. The van der Waals surface area contributed by atoms with Crippen molar-refractivity contribution in [3.8, 4) is 0 Å². The molecule has 0 radical (unpaired) electrons. The normalized spacial score (nSPS) is 21.7. The first kappa shape index (κ1) is 18.9. The molecule has 4 heteroatoms. The van der Waals surface area contributed by atoms with E-state index in [9.17, 15) is 4.79 Å². The van der Waals surface area contributed by atoms with Crippen LogP contribution < -0.4 is 0 Å². The fraction of sp³-hybridized carbons (Fsp3) is 0.550. The zero-order chi connectivity index (χ0) is 18.1. The lowest BCUT2D eigenvalue weighted by Gasteiger charge is -2.35. The highest BCUT2D eigenvalue weighted by Gasteiger charge is 2.44. The van der Waals surface area contributed by atoms with Gasteiger partial charge in [0, 0.05) is 0 Å². The van der Waals surface area contributed by atoms with Crippen LogP contribution in [0.2, 0.25) is 18.1 Å². The fourth-order valence-electron chi connectivity index (χ4n) is 2.56. The summed E-state index contributed by atoms with van der Waals surface area (Å²) in [6, 6.07) is 8.27. The largest absolute Gasteiger partial charge is 0.481 e. The second-order valence-corrected chi connectivity index (χ2v) is 13.2. The van der Waals surface area contributed by atoms with E-state index in [2.05, 4.69) is 59.0 Å². The first-order chi connectivity index (χ1) is 11.0. The van der Waals surface area contributed by atoms with Crippen LogP contribution in [0.1, 0.15) is 51.2 Å². The zero-order valence-corrected chi connectivity index (χ0v) is 16.7. The standard InChI is InChI=1S/C20H30O3Si/c1-14(10-11-23-24(5,6)20(2,3)4)15-8-7-9-16(12-15)17-13-18(17)19(21)22/h7-10,12,17-18H,11,13H2,1-6H3,(H,21,22)/b14-10+. The number of benzene rings is 1. The monoisotopic (exact) mass is 346 g/mol. The fourth-order valence-corrected chi connectivity index (χ4v) is 3.49. The van der Waals surface area contributed by atoms with Gasteiger partial charge in [-0.1, -0.05) is 51.1 Å². The van der Waals surface area contributed by atoms with Crippen molar-refractivity contribution in [3.63, 3.8) is 0 Å². The summed E-state index contributed by atoms with van der Waals surface area (Å²) in [5.41, 5.74) is 3.48. The van der Waals surface area contributed by atoms with Crippen molar-refractivity contribution in [2.75, 3.05) is 6.61 Å².